The van der Waals surface area contributed by atoms with Crippen molar-refractivity contribution in [1.29, 1.82) is 0 Å². The molecule has 1 N–H and O–H groups in total. The first-order valence-electron chi connectivity index (χ1n) is 9.80. The van der Waals surface area contributed by atoms with Crippen LogP contribution in [0.3, 0.4) is 0 Å². The van der Waals surface area contributed by atoms with Crippen LogP contribution in [-0.2, 0) is 0 Å². The van der Waals surface area contributed by atoms with Gasteiger partial charge in [0.05, 0.1) is 13.2 Å². The number of anilines is 1. The number of methoxy groups -OCH3 is 1. The molecule has 0 heterocycles. The number of carbonyl (C=O) groups excluding carboxylic acids is 1. The van der Waals surface area contributed by atoms with E-state index in [1.54, 1.807) is 7.11 Å². The first-order valence-corrected chi connectivity index (χ1v) is 10.9. The molecule has 4 aromatic rings. The Morgan fingerprint density at radius 1 is 0.900 bits per heavy atom. The largest absolute Gasteiger partial charge is 0.497 e. The lowest BCUT2D eigenvalue weighted by Crippen LogP contribution is -2.16. The fraction of sp³-hybridized carbons (Fsp3) is 0.115. The Bertz CT molecular complexity index is 1150. The fourth-order valence-electron chi connectivity index (χ4n) is 3.50. The van der Waals surface area contributed by atoms with E-state index in [2.05, 4.69) is 46.1 Å². The maximum atomic E-state index is 13.2. The third kappa shape index (κ3) is 4.82. The number of benzene rings is 4. The summed E-state index contributed by atoms with van der Waals surface area (Å²) in [5.74, 6) is 0.909. The highest BCUT2D eigenvalue weighted by Gasteiger charge is 2.18. The summed E-state index contributed by atoms with van der Waals surface area (Å²) in [6.45, 7) is 0. The Kier molecular flexibility index (Phi) is 6.33. The van der Waals surface area contributed by atoms with Crippen LogP contribution < -0.4 is 10.1 Å². The molecule has 0 amide bonds. The average molecular weight is 507 g/mol. The van der Waals surface area contributed by atoms with Gasteiger partial charge in [-0.3, -0.25) is 4.79 Å². The van der Waals surface area contributed by atoms with Gasteiger partial charge in [-0.1, -0.05) is 48.5 Å². The van der Waals surface area contributed by atoms with Gasteiger partial charge in [0.15, 0.2) is 5.78 Å². The van der Waals surface area contributed by atoms with Crippen LogP contribution in [0.2, 0.25) is 0 Å². The second-order valence-corrected chi connectivity index (χ2v) is 8.41. The van der Waals surface area contributed by atoms with Crippen molar-refractivity contribution < 1.29 is 9.53 Å². The highest BCUT2D eigenvalue weighted by atomic mass is 127. The van der Waals surface area contributed by atoms with Gasteiger partial charge in [0.1, 0.15) is 5.75 Å². The highest BCUT2D eigenvalue weighted by Crippen LogP contribution is 2.27. The van der Waals surface area contributed by atoms with Gasteiger partial charge >= 0.3 is 0 Å². The molecule has 0 fully saturated rings. The summed E-state index contributed by atoms with van der Waals surface area (Å²) < 4.78 is 6.46. The molecule has 150 valence electrons. The molecular weight excluding hydrogens is 485 g/mol. The molecule has 1 atom stereocenters. The lowest BCUT2D eigenvalue weighted by atomic mass is 9.96. The summed E-state index contributed by atoms with van der Waals surface area (Å²) in [6.07, 6.45) is 0.358. The van der Waals surface area contributed by atoms with E-state index in [1.807, 2.05) is 72.8 Å². The molecule has 4 heteroatoms. The second-order valence-electron chi connectivity index (χ2n) is 7.17. The van der Waals surface area contributed by atoms with Gasteiger partial charge in [-0.2, -0.15) is 0 Å². The topological polar surface area (TPSA) is 38.3 Å². The van der Waals surface area contributed by atoms with Crippen molar-refractivity contribution in [2.45, 2.75) is 12.5 Å². The standard InChI is InChI=1S/C26H22INO2/c1-30-24-14-8-19(9-15-24)25(28-23-12-10-22(27)11-13-23)17-26(29)21-7-6-18-4-2-3-5-20(18)16-21/h2-16,25,28H,17H2,1H3. The van der Waals surface area contributed by atoms with Crippen LogP contribution in [-0.4, -0.2) is 12.9 Å². The van der Waals surface area contributed by atoms with E-state index in [1.165, 1.54) is 3.57 Å². The first kappa shape index (κ1) is 20.4. The summed E-state index contributed by atoms with van der Waals surface area (Å²) in [6, 6.07) is 29.9. The van der Waals surface area contributed by atoms with Gasteiger partial charge in [-0.15, -0.1) is 0 Å². The van der Waals surface area contributed by atoms with E-state index in [0.717, 1.165) is 33.3 Å². The smallest absolute Gasteiger partial charge is 0.165 e. The van der Waals surface area contributed by atoms with Crippen LogP contribution in [0.15, 0.2) is 91.0 Å². The van der Waals surface area contributed by atoms with E-state index in [-0.39, 0.29) is 11.8 Å². The molecular formula is C26H22INO2. The van der Waals surface area contributed by atoms with Crippen LogP contribution in [0.4, 0.5) is 5.69 Å². The maximum absolute atomic E-state index is 13.2. The van der Waals surface area contributed by atoms with Crippen LogP contribution in [0.1, 0.15) is 28.4 Å². The minimum Gasteiger partial charge on any atom is -0.497 e. The van der Waals surface area contributed by atoms with Gasteiger partial charge in [-0.05, 0) is 81.4 Å². The predicted octanol–water partition coefficient (Wildman–Crippen LogP) is 6.88. The molecule has 0 bridgehead atoms. The summed E-state index contributed by atoms with van der Waals surface area (Å²) in [4.78, 5) is 13.2. The van der Waals surface area contributed by atoms with Gasteiger partial charge in [-0.25, -0.2) is 0 Å². The van der Waals surface area contributed by atoms with E-state index in [0.29, 0.717) is 6.42 Å². The molecule has 30 heavy (non-hydrogen) atoms. The monoisotopic (exact) mass is 507 g/mol. The summed E-state index contributed by atoms with van der Waals surface area (Å²) in [7, 11) is 1.65. The summed E-state index contributed by atoms with van der Waals surface area (Å²) >= 11 is 2.29. The number of ketones is 1. The normalized spacial score (nSPS) is 11.8. The molecule has 0 radical (unpaired) electrons. The Hall–Kier alpha value is -2.86. The van der Waals surface area contributed by atoms with Gasteiger partial charge < -0.3 is 10.1 Å². The molecule has 4 aromatic carbocycles. The number of carbonyl (C=O) groups is 1. The van der Waals surface area contributed by atoms with Crippen molar-refractivity contribution in [3.05, 3.63) is 106 Å². The Morgan fingerprint density at radius 2 is 1.60 bits per heavy atom. The molecule has 0 aliphatic carbocycles. The Labute approximate surface area is 190 Å². The number of halogens is 1. The minimum absolute atomic E-state index is 0.111. The number of hydrogen-bond acceptors (Lipinski definition) is 3. The SMILES string of the molecule is COc1ccc(C(CC(=O)c2ccc3ccccc3c2)Nc2ccc(I)cc2)cc1. The van der Waals surface area contributed by atoms with E-state index in [4.69, 9.17) is 4.74 Å². The number of hydrogen-bond donors (Lipinski definition) is 1. The fourth-order valence-corrected chi connectivity index (χ4v) is 3.86. The number of ether oxygens (including phenoxy) is 1. The van der Waals surface area contributed by atoms with Crippen molar-refractivity contribution in [3.63, 3.8) is 0 Å². The zero-order valence-corrected chi connectivity index (χ0v) is 18.8. The molecule has 0 saturated carbocycles. The maximum Gasteiger partial charge on any atom is 0.165 e. The summed E-state index contributed by atoms with van der Waals surface area (Å²) in [5, 5.41) is 5.75. The van der Waals surface area contributed by atoms with Crippen molar-refractivity contribution in [1.82, 2.24) is 0 Å². The highest BCUT2D eigenvalue weighted by molar-refractivity contribution is 14.1. The van der Waals surface area contributed by atoms with E-state index < -0.39 is 0 Å². The quantitative estimate of drug-likeness (QED) is 0.219. The van der Waals surface area contributed by atoms with Crippen molar-refractivity contribution in [2.24, 2.45) is 0 Å². The zero-order chi connectivity index (χ0) is 20.9. The lowest BCUT2D eigenvalue weighted by Gasteiger charge is -2.20. The minimum atomic E-state index is -0.144. The van der Waals surface area contributed by atoms with Crippen LogP contribution in [0, 0.1) is 3.57 Å². The van der Waals surface area contributed by atoms with Crippen LogP contribution in [0.25, 0.3) is 10.8 Å². The molecule has 0 aromatic heterocycles. The zero-order valence-electron chi connectivity index (χ0n) is 16.6. The Balaban J connectivity index is 1.61. The molecule has 0 saturated heterocycles. The molecule has 0 spiro atoms. The van der Waals surface area contributed by atoms with Gasteiger partial charge in [0.25, 0.3) is 0 Å². The third-order valence-electron chi connectivity index (χ3n) is 5.16. The van der Waals surface area contributed by atoms with Gasteiger partial charge in [0, 0.05) is 21.2 Å². The number of nitrogens with one attached hydrogen (secondary N) is 1. The average Bonchev–Trinajstić information content (AvgIpc) is 2.79. The first-order chi connectivity index (χ1) is 14.6. The molecule has 0 aliphatic heterocycles. The lowest BCUT2D eigenvalue weighted by molar-refractivity contribution is 0.0976. The summed E-state index contributed by atoms with van der Waals surface area (Å²) in [5.41, 5.74) is 2.77. The number of rotatable bonds is 7. The predicted molar refractivity (Wildman–Crippen MR) is 131 cm³/mol. The molecule has 3 nitrogen and oxygen atoms in total. The van der Waals surface area contributed by atoms with E-state index >= 15 is 0 Å². The molecule has 1 unspecified atom stereocenters. The van der Waals surface area contributed by atoms with Crippen LogP contribution in [0.5, 0.6) is 5.75 Å². The van der Waals surface area contributed by atoms with Crippen molar-refractivity contribution >= 4 is 44.8 Å². The molecule has 4 rings (SSSR count). The third-order valence-corrected chi connectivity index (χ3v) is 5.88. The van der Waals surface area contributed by atoms with E-state index in [9.17, 15) is 4.79 Å². The van der Waals surface area contributed by atoms with Gasteiger partial charge in [0.2, 0.25) is 0 Å². The number of Topliss-reactive ketones (excluding diaryl/α,β-unsaturated/α-hetero) is 1. The van der Waals surface area contributed by atoms with Crippen molar-refractivity contribution in [2.75, 3.05) is 12.4 Å². The Morgan fingerprint density at radius 3 is 2.30 bits per heavy atom. The van der Waals surface area contributed by atoms with Crippen molar-refractivity contribution in [3.8, 4) is 5.75 Å². The molecule has 0 aliphatic rings. The number of fused-ring (bicyclic) bond motifs is 1. The van der Waals surface area contributed by atoms with Crippen LogP contribution >= 0.6 is 22.6 Å². The second kappa shape index (κ2) is 9.30.